The molecule has 2 N–H and O–H groups in total. The number of aliphatic hydroxyl groups excluding tert-OH is 1. The van der Waals surface area contributed by atoms with E-state index in [1.807, 2.05) is 132 Å². The van der Waals surface area contributed by atoms with Crippen molar-refractivity contribution in [3.8, 4) is 0 Å². The number of hydrogen-bond acceptors (Lipinski definition) is 8. The van der Waals surface area contributed by atoms with Crippen LogP contribution in [-0.4, -0.2) is 49.5 Å². The normalized spacial score (nSPS) is 16.9. The standard InChI is InChI=1S/C67H55N5O4/c73-60-58(46-74-66(52-34-16-4-17-35-52,53-36-18-5-19-37-53)54-38-20-6-21-39-54)75-64(61(60)76-67(55-40-22-7-23-41-55,56-42-24-8-25-43-56)57-44-26-9-27-45-57)72-48-70-59-62(68-47-69-63(59)72)71-65(49-28-10-1-11-29-49,50-30-12-2-13-31-50)51-32-14-3-15-33-51/h1-45,47-48,58,60-61,64,73H,46H2,(H,68,69,71)/t58-,60-,61-,64-/m1/s1. The highest BCUT2D eigenvalue weighted by Crippen LogP contribution is 2.48. The second kappa shape index (κ2) is 21.2. The van der Waals surface area contributed by atoms with Crippen LogP contribution < -0.4 is 5.32 Å². The van der Waals surface area contributed by atoms with E-state index in [1.54, 1.807) is 12.7 Å². The van der Waals surface area contributed by atoms with Gasteiger partial charge in [0.15, 0.2) is 23.2 Å². The Morgan fingerprint density at radius 1 is 0.434 bits per heavy atom. The van der Waals surface area contributed by atoms with Crippen molar-refractivity contribution in [1.82, 2.24) is 19.5 Å². The van der Waals surface area contributed by atoms with Gasteiger partial charge in [-0.25, -0.2) is 15.0 Å². The van der Waals surface area contributed by atoms with Gasteiger partial charge in [0, 0.05) is 0 Å². The fourth-order valence-corrected chi connectivity index (χ4v) is 11.2. The molecule has 3 heterocycles. The van der Waals surface area contributed by atoms with Crippen LogP contribution in [0.2, 0.25) is 0 Å². The molecule has 0 amide bonds. The van der Waals surface area contributed by atoms with E-state index in [-0.39, 0.29) is 6.61 Å². The number of aliphatic hydroxyl groups is 1. The monoisotopic (exact) mass is 993 g/mol. The minimum absolute atomic E-state index is 0.0343. The van der Waals surface area contributed by atoms with Crippen molar-refractivity contribution in [2.75, 3.05) is 11.9 Å². The van der Waals surface area contributed by atoms with E-state index >= 15 is 0 Å². The second-order valence-electron chi connectivity index (χ2n) is 19.0. The quantitative estimate of drug-likeness (QED) is 0.0870. The molecule has 9 heteroatoms. The van der Waals surface area contributed by atoms with Crippen molar-refractivity contribution in [2.24, 2.45) is 0 Å². The van der Waals surface area contributed by atoms with Crippen LogP contribution >= 0.6 is 0 Å². The highest BCUT2D eigenvalue weighted by atomic mass is 16.6. The molecule has 0 spiro atoms. The van der Waals surface area contributed by atoms with E-state index in [0.717, 1.165) is 50.1 Å². The lowest BCUT2D eigenvalue weighted by molar-refractivity contribution is -0.122. The summed E-state index contributed by atoms with van der Waals surface area (Å²) in [5, 5.41) is 17.2. The molecule has 0 saturated carbocycles. The Kier molecular flexibility index (Phi) is 13.4. The predicted octanol–water partition coefficient (Wildman–Crippen LogP) is 12.9. The summed E-state index contributed by atoms with van der Waals surface area (Å²) in [5.41, 5.74) is 6.15. The Labute approximate surface area is 442 Å². The number of nitrogens with one attached hydrogen (secondary N) is 1. The Morgan fingerprint density at radius 2 is 0.776 bits per heavy atom. The largest absolute Gasteiger partial charge is 0.387 e. The van der Waals surface area contributed by atoms with Gasteiger partial charge in [0.25, 0.3) is 0 Å². The van der Waals surface area contributed by atoms with Crippen LogP contribution in [0, 0.1) is 0 Å². The molecule has 372 valence electrons. The number of benzene rings is 9. The zero-order chi connectivity index (χ0) is 51.2. The molecular weight excluding hydrogens is 939 g/mol. The number of imidazole rings is 1. The first-order valence-electron chi connectivity index (χ1n) is 25.7. The Bertz CT molecular complexity index is 3310. The number of nitrogens with zero attached hydrogens (tertiary/aromatic N) is 4. The van der Waals surface area contributed by atoms with Crippen LogP contribution in [0.4, 0.5) is 5.82 Å². The molecule has 2 aromatic heterocycles. The average molecular weight is 994 g/mol. The van der Waals surface area contributed by atoms with Gasteiger partial charge in [-0.3, -0.25) is 4.57 Å². The molecular formula is C67H55N5O4. The van der Waals surface area contributed by atoms with Gasteiger partial charge < -0.3 is 24.6 Å². The highest BCUT2D eigenvalue weighted by Gasteiger charge is 2.53. The summed E-state index contributed by atoms with van der Waals surface area (Å²) >= 11 is 0. The van der Waals surface area contributed by atoms with E-state index in [2.05, 4.69) is 151 Å². The maximum absolute atomic E-state index is 13.3. The predicted molar refractivity (Wildman–Crippen MR) is 297 cm³/mol. The van der Waals surface area contributed by atoms with Crippen molar-refractivity contribution < 1.29 is 19.3 Å². The Morgan fingerprint density at radius 3 is 1.14 bits per heavy atom. The van der Waals surface area contributed by atoms with Crippen LogP contribution in [0.3, 0.4) is 0 Å². The number of rotatable bonds is 17. The zero-order valence-corrected chi connectivity index (χ0v) is 41.6. The zero-order valence-electron chi connectivity index (χ0n) is 41.6. The third-order valence-electron chi connectivity index (χ3n) is 14.7. The van der Waals surface area contributed by atoms with Crippen LogP contribution in [0.1, 0.15) is 56.3 Å². The van der Waals surface area contributed by atoms with Crippen molar-refractivity contribution in [1.29, 1.82) is 0 Å². The van der Waals surface area contributed by atoms with Gasteiger partial charge in [0.2, 0.25) is 0 Å². The summed E-state index contributed by atoms with van der Waals surface area (Å²) in [4.78, 5) is 15.0. The molecule has 1 aliphatic rings. The van der Waals surface area contributed by atoms with Crippen molar-refractivity contribution >= 4 is 17.0 Å². The third-order valence-corrected chi connectivity index (χ3v) is 14.7. The van der Waals surface area contributed by atoms with Gasteiger partial charge in [-0.05, 0) is 50.1 Å². The molecule has 9 nitrogen and oxygen atoms in total. The third kappa shape index (κ3) is 8.65. The molecule has 0 radical (unpaired) electrons. The summed E-state index contributed by atoms with van der Waals surface area (Å²) in [6, 6.07) is 92.3. The second-order valence-corrected chi connectivity index (χ2v) is 19.0. The molecule has 1 fully saturated rings. The summed E-state index contributed by atoms with van der Waals surface area (Å²) in [6.07, 6.45) is -0.951. The van der Waals surface area contributed by atoms with Gasteiger partial charge in [-0.2, -0.15) is 0 Å². The SMILES string of the molecule is O[C@H]1[C@@H](OC(c2ccccc2)(c2ccccc2)c2ccccc2)[C@H](n2cnc3c(NC(c4ccccc4)(c4ccccc4)c4ccccc4)ncnc32)O[C@@H]1COC(c1ccccc1)(c1ccccc1)c1ccccc1. The molecule has 1 saturated heterocycles. The van der Waals surface area contributed by atoms with Crippen LogP contribution in [-0.2, 0) is 31.0 Å². The first-order chi connectivity index (χ1) is 37.6. The molecule has 76 heavy (non-hydrogen) atoms. The Hall–Kier alpha value is -8.83. The smallest absolute Gasteiger partial charge is 0.167 e. The minimum atomic E-state index is -1.25. The van der Waals surface area contributed by atoms with Crippen LogP contribution in [0.15, 0.2) is 286 Å². The number of fused-ring (bicyclic) bond motifs is 1. The first-order valence-corrected chi connectivity index (χ1v) is 25.7. The molecule has 11 aromatic rings. The number of aromatic nitrogens is 4. The lowest BCUT2D eigenvalue weighted by atomic mass is 9.77. The number of hydrogen-bond donors (Lipinski definition) is 2. The Balaban J connectivity index is 1.02. The number of anilines is 1. The average Bonchev–Trinajstić information content (AvgIpc) is 4.09. The summed E-state index contributed by atoms with van der Waals surface area (Å²) in [5.74, 6) is 0.502. The maximum Gasteiger partial charge on any atom is 0.167 e. The summed E-state index contributed by atoms with van der Waals surface area (Å²) < 4.78 is 24.4. The van der Waals surface area contributed by atoms with Gasteiger partial charge in [0.05, 0.1) is 12.9 Å². The topological polar surface area (TPSA) is 104 Å². The molecule has 9 aromatic carbocycles. The van der Waals surface area contributed by atoms with E-state index in [4.69, 9.17) is 29.2 Å². The van der Waals surface area contributed by atoms with Crippen molar-refractivity contribution in [3.05, 3.63) is 336 Å². The molecule has 0 bridgehead atoms. The minimum Gasteiger partial charge on any atom is -0.387 e. The van der Waals surface area contributed by atoms with Gasteiger partial charge in [0.1, 0.15) is 41.4 Å². The molecule has 0 aliphatic carbocycles. The maximum atomic E-state index is 13.3. The van der Waals surface area contributed by atoms with Gasteiger partial charge in [-0.15, -0.1) is 0 Å². The van der Waals surface area contributed by atoms with Crippen LogP contribution in [0.5, 0.6) is 0 Å². The molecule has 0 unspecified atom stereocenters. The van der Waals surface area contributed by atoms with Crippen LogP contribution in [0.25, 0.3) is 11.2 Å². The number of ether oxygens (including phenoxy) is 3. The molecule has 1 aliphatic heterocycles. The van der Waals surface area contributed by atoms with E-state index in [1.165, 1.54) is 0 Å². The van der Waals surface area contributed by atoms with E-state index < -0.39 is 41.3 Å². The van der Waals surface area contributed by atoms with Gasteiger partial charge in [-0.1, -0.05) is 273 Å². The first kappa shape index (κ1) is 48.1. The summed E-state index contributed by atoms with van der Waals surface area (Å²) in [6.45, 7) is -0.0343. The molecule has 12 rings (SSSR count). The lowest BCUT2D eigenvalue weighted by Gasteiger charge is -2.40. The fraction of sp³-hybridized carbons (Fsp3) is 0.119. The molecule has 4 atom stereocenters. The van der Waals surface area contributed by atoms with Crippen molar-refractivity contribution in [3.63, 3.8) is 0 Å². The fourth-order valence-electron chi connectivity index (χ4n) is 11.2. The summed E-state index contributed by atoms with van der Waals surface area (Å²) in [7, 11) is 0. The van der Waals surface area contributed by atoms with Crippen molar-refractivity contribution in [2.45, 2.75) is 41.3 Å². The van der Waals surface area contributed by atoms with E-state index in [0.29, 0.717) is 17.0 Å². The van der Waals surface area contributed by atoms with E-state index in [9.17, 15) is 5.11 Å². The lowest BCUT2D eigenvalue weighted by Crippen LogP contribution is -2.45. The van der Waals surface area contributed by atoms with Gasteiger partial charge >= 0.3 is 0 Å². The highest BCUT2D eigenvalue weighted by molar-refractivity contribution is 5.84.